The van der Waals surface area contributed by atoms with Crippen LogP contribution in [0.5, 0.6) is 0 Å². The third kappa shape index (κ3) is 6.40. The molecule has 9 nitrogen and oxygen atoms in total. The molecule has 1 aromatic heterocycles. The number of nitrogens with zero attached hydrogens (tertiary/aromatic N) is 4. The van der Waals surface area contributed by atoms with Gasteiger partial charge in [0.05, 0.1) is 12.2 Å². The lowest BCUT2D eigenvalue weighted by atomic mass is 10.0. The first-order chi connectivity index (χ1) is 15.5. The number of hydrogen-bond acceptors (Lipinski definition) is 7. The molecule has 0 bridgehead atoms. The fourth-order valence-corrected chi connectivity index (χ4v) is 3.58. The highest BCUT2D eigenvalue weighted by Crippen LogP contribution is 2.22. The summed E-state index contributed by atoms with van der Waals surface area (Å²) in [6.45, 7) is 1.47. The maximum Gasteiger partial charge on any atom is 0.410 e. The minimum atomic E-state index is -0.738. The second-order valence-electron chi connectivity index (χ2n) is 7.34. The van der Waals surface area contributed by atoms with E-state index in [1.165, 1.54) is 29.1 Å². The second kappa shape index (κ2) is 11.4. The molecule has 32 heavy (non-hydrogen) atoms. The Bertz CT molecular complexity index is 943. The summed E-state index contributed by atoms with van der Waals surface area (Å²) in [5, 5.41) is 0.149. The molecule has 1 unspecified atom stereocenters. The van der Waals surface area contributed by atoms with Gasteiger partial charge < -0.3 is 14.4 Å². The predicted molar refractivity (Wildman–Crippen MR) is 115 cm³/mol. The first kappa shape index (κ1) is 23.5. The number of aromatic nitrogens is 2. The summed E-state index contributed by atoms with van der Waals surface area (Å²) in [5.74, 6) is -0.903. The van der Waals surface area contributed by atoms with E-state index in [2.05, 4.69) is 9.97 Å². The average Bonchev–Trinajstić information content (AvgIpc) is 2.81. The molecule has 1 aliphatic heterocycles. The minimum Gasteiger partial charge on any atom is -0.445 e. The van der Waals surface area contributed by atoms with Crippen molar-refractivity contribution in [3.63, 3.8) is 0 Å². The van der Waals surface area contributed by atoms with E-state index in [1.54, 1.807) is 0 Å². The van der Waals surface area contributed by atoms with Crippen molar-refractivity contribution < 1.29 is 23.9 Å². The number of halogens is 1. The number of esters is 1. The summed E-state index contributed by atoms with van der Waals surface area (Å²) in [7, 11) is 0. The molecular weight excluding hydrogens is 436 g/mol. The van der Waals surface area contributed by atoms with Gasteiger partial charge in [0.25, 0.3) is 0 Å². The highest BCUT2D eigenvalue weighted by atomic mass is 35.5. The summed E-state index contributed by atoms with van der Waals surface area (Å²) in [6, 6.07) is 8.58. The first-order valence-corrected chi connectivity index (χ1v) is 10.7. The van der Waals surface area contributed by atoms with Crippen LogP contribution in [0.3, 0.4) is 0 Å². The van der Waals surface area contributed by atoms with Gasteiger partial charge in [0.1, 0.15) is 12.6 Å². The molecular formula is C22H25ClN4O5. The third-order valence-corrected chi connectivity index (χ3v) is 5.34. The third-order valence-electron chi connectivity index (χ3n) is 5.03. The SMILES string of the molecule is CC(=O)OCN(Cc1nccnc1Cl)C(=O)C1CCCCN1C(=O)OCc1ccccc1. The fourth-order valence-electron chi connectivity index (χ4n) is 3.41. The summed E-state index contributed by atoms with van der Waals surface area (Å²) >= 11 is 6.10. The Morgan fingerprint density at radius 2 is 1.88 bits per heavy atom. The molecule has 1 atom stereocenters. The van der Waals surface area contributed by atoms with E-state index in [0.29, 0.717) is 18.7 Å². The van der Waals surface area contributed by atoms with Crippen molar-refractivity contribution in [2.24, 2.45) is 0 Å². The van der Waals surface area contributed by atoms with Gasteiger partial charge in [-0.15, -0.1) is 0 Å². The Hall–Kier alpha value is -3.20. The normalized spacial score (nSPS) is 15.7. The monoisotopic (exact) mass is 460 g/mol. The largest absolute Gasteiger partial charge is 0.445 e. The quantitative estimate of drug-likeness (QED) is 0.462. The first-order valence-electron chi connectivity index (χ1n) is 10.3. The summed E-state index contributed by atoms with van der Waals surface area (Å²) in [6.07, 6.45) is 4.37. The lowest BCUT2D eigenvalue weighted by Crippen LogP contribution is -2.53. The predicted octanol–water partition coefficient (Wildman–Crippen LogP) is 3.17. The number of hydrogen-bond donors (Lipinski definition) is 0. The Morgan fingerprint density at radius 1 is 1.12 bits per heavy atom. The van der Waals surface area contributed by atoms with Gasteiger partial charge in [-0.1, -0.05) is 41.9 Å². The zero-order chi connectivity index (χ0) is 22.9. The molecule has 1 fully saturated rings. The molecule has 2 amide bonds. The van der Waals surface area contributed by atoms with Gasteiger partial charge in [-0.2, -0.15) is 0 Å². The molecule has 2 heterocycles. The molecule has 3 rings (SSSR count). The van der Waals surface area contributed by atoms with E-state index >= 15 is 0 Å². The van der Waals surface area contributed by atoms with Crippen LogP contribution in [0, 0.1) is 0 Å². The van der Waals surface area contributed by atoms with Crippen molar-refractivity contribution in [1.29, 1.82) is 0 Å². The van der Waals surface area contributed by atoms with Gasteiger partial charge in [0, 0.05) is 25.9 Å². The van der Waals surface area contributed by atoms with Crippen molar-refractivity contribution >= 4 is 29.6 Å². The van der Waals surface area contributed by atoms with Gasteiger partial charge in [0.2, 0.25) is 5.91 Å². The van der Waals surface area contributed by atoms with Crippen LogP contribution in [0.1, 0.15) is 37.4 Å². The molecule has 10 heteroatoms. The maximum atomic E-state index is 13.4. The zero-order valence-electron chi connectivity index (χ0n) is 17.8. The van der Waals surface area contributed by atoms with E-state index < -0.39 is 18.1 Å². The highest BCUT2D eigenvalue weighted by Gasteiger charge is 2.36. The number of benzene rings is 1. The molecule has 0 radical (unpaired) electrons. The standard InChI is InChI=1S/C22H25ClN4O5/c1-16(28)32-15-26(13-18-20(23)25-11-10-24-18)21(29)19-9-5-6-12-27(19)22(30)31-14-17-7-3-2-4-8-17/h2-4,7-8,10-11,19H,5-6,9,12-15H2,1H3. The van der Waals surface area contributed by atoms with Crippen molar-refractivity contribution in [1.82, 2.24) is 19.8 Å². The van der Waals surface area contributed by atoms with Crippen molar-refractivity contribution in [2.75, 3.05) is 13.3 Å². The topological polar surface area (TPSA) is 102 Å². The molecule has 170 valence electrons. The van der Waals surface area contributed by atoms with Gasteiger partial charge in [-0.3, -0.25) is 19.5 Å². The molecule has 0 saturated carbocycles. The number of likely N-dealkylation sites (tertiary alicyclic amines) is 1. The Morgan fingerprint density at radius 3 is 2.59 bits per heavy atom. The lowest BCUT2D eigenvalue weighted by molar-refractivity contribution is -0.154. The van der Waals surface area contributed by atoms with Gasteiger partial charge in [0.15, 0.2) is 11.9 Å². The van der Waals surface area contributed by atoms with Crippen molar-refractivity contribution in [2.45, 2.75) is 45.4 Å². The van der Waals surface area contributed by atoms with E-state index in [-0.39, 0.29) is 30.9 Å². The number of carbonyl (C=O) groups excluding carboxylic acids is 3. The van der Waals surface area contributed by atoms with Crippen LogP contribution in [-0.4, -0.2) is 57.1 Å². The Balaban J connectivity index is 1.73. The summed E-state index contributed by atoms with van der Waals surface area (Å²) < 4.78 is 10.5. The van der Waals surface area contributed by atoms with E-state index in [9.17, 15) is 14.4 Å². The van der Waals surface area contributed by atoms with Crippen LogP contribution in [0.2, 0.25) is 5.15 Å². The second-order valence-corrected chi connectivity index (χ2v) is 7.70. The molecule has 0 aliphatic carbocycles. The fraction of sp³-hybridized carbons (Fsp3) is 0.409. The Kier molecular flexibility index (Phi) is 8.38. The van der Waals surface area contributed by atoms with Gasteiger partial charge in [-0.25, -0.2) is 9.78 Å². The number of rotatable bonds is 7. The maximum absolute atomic E-state index is 13.4. The number of piperidine rings is 1. The molecule has 2 aromatic rings. The smallest absolute Gasteiger partial charge is 0.410 e. The lowest BCUT2D eigenvalue weighted by Gasteiger charge is -2.36. The highest BCUT2D eigenvalue weighted by molar-refractivity contribution is 6.30. The van der Waals surface area contributed by atoms with Gasteiger partial charge in [-0.05, 0) is 24.8 Å². The molecule has 1 aromatic carbocycles. The Labute approximate surface area is 191 Å². The molecule has 1 aliphatic rings. The molecule has 0 spiro atoms. The van der Waals surface area contributed by atoms with Crippen LogP contribution < -0.4 is 0 Å². The average molecular weight is 461 g/mol. The summed E-state index contributed by atoms with van der Waals surface area (Å²) in [5.41, 5.74) is 1.22. The van der Waals surface area contributed by atoms with E-state index in [0.717, 1.165) is 18.4 Å². The zero-order valence-corrected chi connectivity index (χ0v) is 18.5. The molecule has 1 saturated heterocycles. The van der Waals surface area contributed by atoms with Crippen LogP contribution in [-0.2, 0) is 32.2 Å². The van der Waals surface area contributed by atoms with Crippen molar-refractivity contribution in [3.05, 3.63) is 59.1 Å². The van der Waals surface area contributed by atoms with Crippen LogP contribution in [0.4, 0.5) is 4.79 Å². The van der Waals surface area contributed by atoms with Gasteiger partial charge >= 0.3 is 12.1 Å². The van der Waals surface area contributed by atoms with Crippen LogP contribution in [0.15, 0.2) is 42.7 Å². The summed E-state index contributed by atoms with van der Waals surface area (Å²) in [4.78, 5) is 48.4. The van der Waals surface area contributed by atoms with E-state index in [1.807, 2.05) is 30.3 Å². The van der Waals surface area contributed by atoms with E-state index in [4.69, 9.17) is 21.1 Å². The number of amides is 2. The van der Waals surface area contributed by atoms with Crippen LogP contribution in [0.25, 0.3) is 0 Å². The molecule has 0 N–H and O–H groups in total. The number of ether oxygens (including phenoxy) is 2. The van der Waals surface area contributed by atoms with Crippen LogP contribution >= 0.6 is 11.6 Å². The minimum absolute atomic E-state index is 0.0117. The number of carbonyl (C=O) groups is 3. The van der Waals surface area contributed by atoms with Crippen molar-refractivity contribution in [3.8, 4) is 0 Å².